The van der Waals surface area contributed by atoms with Crippen molar-refractivity contribution in [2.75, 3.05) is 19.3 Å². The number of rotatable bonds is 2. The molecule has 1 aliphatic heterocycles. The van der Waals surface area contributed by atoms with Crippen LogP contribution in [0.4, 0.5) is 5.69 Å². The molecule has 3 N–H and O–H groups in total. The molecule has 0 fully saturated rings. The Hall–Kier alpha value is -1.11. The topological polar surface area (TPSA) is 75.4 Å². The van der Waals surface area contributed by atoms with Gasteiger partial charge >= 0.3 is 0 Å². The molecule has 0 saturated heterocycles. The summed E-state index contributed by atoms with van der Waals surface area (Å²) in [5, 5.41) is 0. The Morgan fingerprint density at radius 1 is 1.38 bits per heavy atom. The minimum atomic E-state index is -3.33. The summed E-state index contributed by atoms with van der Waals surface area (Å²) in [6.45, 7) is 0.906. The Morgan fingerprint density at radius 3 is 2.81 bits per heavy atom. The van der Waals surface area contributed by atoms with E-state index in [1.54, 1.807) is 0 Å². The van der Waals surface area contributed by atoms with Crippen molar-refractivity contribution in [1.29, 1.82) is 0 Å². The molecule has 0 aliphatic carbocycles. The summed E-state index contributed by atoms with van der Waals surface area (Å²) in [7, 11) is -1.91. The fraction of sp³-hybridized carbons (Fsp3) is 0.400. The average molecular weight is 241 g/mol. The van der Waals surface area contributed by atoms with Gasteiger partial charge in [0.2, 0.25) is 0 Å². The minimum absolute atomic E-state index is 0.392. The third kappa shape index (κ3) is 2.04. The summed E-state index contributed by atoms with van der Waals surface area (Å²) < 4.78 is 27.0. The van der Waals surface area contributed by atoms with Crippen LogP contribution in [-0.2, 0) is 23.2 Å². The van der Waals surface area contributed by atoms with Crippen LogP contribution in [0.5, 0.6) is 0 Å². The van der Waals surface area contributed by atoms with Crippen molar-refractivity contribution in [2.45, 2.75) is 13.0 Å². The number of anilines is 1. The second-order valence-corrected chi connectivity index (χ2v) is 5.70. The van der Waals surface area contributed by atoms with Gasteiger partial charge in [-0.1, -0.05) is 6.07 Å². The fourth-order valence-electron chi connectivity index (χ4n) is 1.89. The first-order chi connectivity index (χ1) is 7.53. The van der Waals surface area contributed by atoms with Crippen molar-refractivity contribution in [1.82, 2.24) is 9.03 Å². The highest BCUT2D eigenvalue weighted by Gasteiger charge is 2.25. The van der Waals surface area contributed by atoms with Gasteiger partial charge in [0.05, 0.1) is 0 Å². The SMILES string of the molecule is CNS(=O)(=O)N1CCc2ccc(N)cc2C1. The highest BCUT2D eigenvalue weighted by atomic mass is 32.2. The minimum Gasteiger partial charge on any atom is -0.399 e. The van der Waals surface area contributed by atoms with Crippen molar-refractivity contribution >= 4 is 15.9 Å². The third-order valence-corrected chi connectivity index (χ3v) is 4.31. The van der Waals surface area contributed by atoms with Gasteiger partial charge in [0.15, 0.2) is 0 Å². The lowest BCUT2D eigenvalue weighted by Gasteiger charge is -2.27. The summed E-state index contributed by atoms with van der Waals surface area (Å²) in [6.07, 6.45) is 0.733. The van der Waals surface area contributed by atoms with Crippen LogP contribution in [0.3, 0.4) is 0 Å². The van der Waals surface area contributed by atoms with E-state index in [4.69, 9.17) is 5.73 Å². The second kappa shape index (κ2) is 4.04. The molecule has 0 atom stereocenters. The highest BCUT2D eigenvalue weighted by Crippen LogP contribution is 2.22. The van der Waals surface area contributed by atoms with E-state index in [0.717, 1.165) is 12.0 Å². The van der Waals surface area contributed by atoms with Crippen molar-refractivity contribution < 1.29 is 8.42 Å². The van der Waals surface area contributed by atoms with E-state index in [-0.39, 0.29) is 0 Å². The zero-order chi connectivity index (χ0) is 11.8. The lowest BCUT2D eigenvalue weighted by atomic mass is 10.0. The number of nitrogens with one attached hydrogen (secondary N) is 1. The Balaban J connectivity index is 2.30. The smallest absolute Gasteiger partial charge is 0.279 e. The van der Waals surface area contributed by atoms with Crippen LogP contribution in [0.2, 0.25) is 0 Å². The number of nitrogens with two attached hydrogens (primary N) is 1. The van der Waals surface area contributed by atoms with Crippen LogP contribution in [0.1, 0.15) is 11.1 Å². The van der Waals surface area contributed by atoms with Crippen LogP contribution in [0.25, 0.3) is 0 Å². The lowest BCUT2D eigenvalue weighted by Crippen LogP contribution is -2.41. The third-order valence-electron chi connectivity index (χ3n) is 2.81. The molecule has 0 amide bonds. The quantitative estimate of drug-likeness (QED) is 0.721. The highest BCUT2D eigenvalue weighted by molar-refractivity contribution is 7.87. The molecule has 88 valence electrons. The van der Waals surface area contributed by atoms with E-state index >= 15 is 0 Å². The van der Waals surface area contributed by atoms with Gasteiger partial charge in [0, 0.05) is 25.8 Å². The average Bonchev–Trinajstić information content (AvgIpc) is 2.28. The first kappa shape index (κ1) is 11.4. The van der Waals surface area contributed by atoms with Gasteiger partial charge in [-0.25, -0.2) is 4.72 Å². The molecule has 1 aliphatic rings. The Morgan fingerprint density at radius 2 is 2.12 bits per heavy atom. The lowest BCUT2D eigenvalue weighted by molar-refractivity contribution is 0.386. The zero-order valence-electron chi connectivity index (χ0n) is 9.10. The van der Waals surface area contributed by atoms with Crippen molar-refractivity contribution in [2.24, 2.45) is 0 Å². The number of fused-ring (bicyclic) bond motifs is 1. The second-order valence-electron chi connectivity index (χ2n) is 3.82. The van der Waals surface area contributed by atoms with E-state index in [0.29, 0.717) is 18.8 Å². The Labute approximate surface area is 95.4 Å². The molecule has 1 aromatic carbocycles. The molecular formula is C10H15N3O2S. The molecule has 0 spiro atoms. The molecule has 0 saturated carbocycles. The predicted octanol–water partition coefficient (Wildman–Crippen LogP) is 0.0911. The van der Waals surface area contributed by atoms with E-state index in [2.05, 4.69) is 4.72 Å². The monoisotopic (exact) mass is 241 g/mol. The number of nitrogens with zero attached hydrogens (tertiary/aromatic N) is 1. The maximum absolute atomic E-state index is 11.6. The van der Waals surface area contributed by atoms with Gasteiger partial charge in [-0.05, 0) is 29.7 Å². The standard InChI is InChI=1S/C10H15N3O2S/c1-12-16(14,15)13-5-4-8-2-3-10(11)6-9(8)7-13/h2-3,6,12H,4-5,7,11H2,1H3. The van der Waals surface area contributed by atoms with E-state index in [1.165, 1.54) is 16.9 Å². The van der Waals surface area contributed by atoms with Gasteiger partial charge in [-0.15, -0.1) is 0 Å². The van der Waals surface area contributed by atoms with Gasteiger partial charge < -0.3 is 5.73 Å². The first-order valence-corrected chi connectivity index (χ1v) is 6.53. The van der Waals surface area contributed by atoms with Gasteiger partial charge in [0.25, 0.3) is 10.2 Å². The Kier molecular flexibility index (Phi) is 2.88. The number of hydrogen-bond donors (Lipinski definition) is 2. The first-order valence-electron chi connectivity index (χ1n) is 5.09. The fourth-order valence-corrected chi connectivity index (χ4v) is 2.78. The van der Waals surface area contributed by atoms with Crippen LogP contribution in [0.15, 0.2) is 18.2 Å². The summed E-state index contributed by atoms with van der Waals surface area (Å²) >= 11 is 0. The molecule has 16 heavy (non-hydrogen) atoms. The summed E-state index contributed by atoms with van der Waals surface area (Å²) in [4.78, 5) is 0. The zero-order valence-corrected chi connectivity index (χ0v) is 9.92. The van der Waals surface area contributed by atoms with Crippen molar-refractivity contribution in [3.05, 3.63) is 29.3 Å². The number of nitrogen functional groups attached to an aromatic ring is 1. The van der Waals surface area contributed by atoms with Crippen LogP contribution < -0.4 is 10.5 Å². The number of benzene rings is 1. The van der Waals surface area contributed by atoms with Gasteiger partial charge in [-0.2, -0.15) is 12.7 Å². The van der Waals surface area contributed by atoms with E-state index in [9.17, 15) is 8.42 Å². The molecule has 1 heterocycles. The number of hydrogen-bond acceptors (Lipinski definition) is 3. The molecule has 0 aromatic heterocycles. The van der Waals surface area contributed by atoms with Crippen molar-refractivity contribution in [3.8, 4) is 0 Å². The van der Waals surface area contributed by atoms with E-state index < -0.39 is 10.2 Å². The molecule has 0 unspecified atom stereocenters. The molecule has 5 nitrogen and oxygen atoms in total. The molecule has 6 heteroatoms. The van der Waals surface area contributed by atoms with Crippen molar-refractivity contribution in [3.63, 3.8) is 0 Å². The van der Waals surface area contributed by atoms with Crippen LogP contribution >= 0.6 is 0 Å². The Bertz CT molecular complexity index is 499. The predicted molar refractivity (Wildman–Crippen MR) is 62.9 cm³/mol. The van der Waals surface area contributed by atoms with E-state index in [1.807, 2.05) is 18.2 Å². The summed E-state index contributed by atoms with van der Waals surface area (Å²) in [5.41, 5.74) is 8.52. The largest absolute Gasteiger partial charge is 0.399 e. The molecule has 0 bridgehead atoms. The summed E-state index contributed by atoms with van der Waals surface area (Å²) in [6, 6.07) is 5.65. The van der Waals surface area contributed by atoms with Crippen LogP contribution in [-0.4, -0.2) is 26.3 Å². The summed E-state index contributed by atoms with van der Waals surface area (Å²) in [5.74, 6) is 0. The van der Waals surface area contributed by atoms with Crippen LogP contribution in [0, 0.1) is 0 Å². The molecular weight excluding hydrogens is 226 g/mol. The maximum atomic E-state index is 11.6. The van der Waals surface area contributed by atoms with Gasteiger partial charge in [0.1, 0.15) is 0 Å². The normalized spacial score (nSPS) is 17.1. The molecule has 2 rings (SSSR count). The maximum Gasteiger partial charge on any atom is 0.279 e. The van der Waals surface area contributed by atoms with Gasteiger partial charge in [-0.3, -0.25) is 0 Å². The molecule has 0 radical (unpaired) electrons. The molecule has 1 aromatic rings.